The van der Waals surface area contributed by atoms with E-state index in [2.05, 4.69) is 9.71 Å². The van der Waals surface area contributed by atoms with Crippen LogP contribution in [-0.2, 0) is 43.9 Å². The summed E-state index contributed by atoms with van der Waals surface area (Å²) < 4.78 is 38.2. The molecule has 3 amide bonds. The second kappa shape index (κ2) is 19.9. The number of amides is 3. The molecule has 0 unspecified atom stereocenters. The molecule has 1 aliphatic heterocycles. The van der Waals surface area contributed by atoms with Crippen molar-refractivity contribution in [2.45, 2.75) is 83.5 Å². The number of rotatable bonds is 14. The van der Waals surface area contributed by atoms with Crippen LogP contribution in [0.15, 0.2) is 89.9 Å². The van der Waals surface area contributed by atoms with Crippen molar-refractivity contribution in [2.24, 2.45) is 22.1 Å². The van der Waals surface area contributed by atoms with Crippen LogP contribution in [0.5, 0.6) is 0 Å². The predicted octanol–water partition coefficient (Wildman–Crippen LogP) is 7.06. The van der Waals surface area contributed by atoms with Gasteiger partial charge in [0.1, 0.15) is 19.3 Å². The van der Waals surface area contributed by atoms with Crippen LogP contribution in [0.25, 0.3) is 0 Å². The molecule has 3 aromatic carbocycles. The molecule has 1 aliphatic carbocycles. The standard InChI is InChI=1S/C41H52ClN5O7S/c1-55(51,52)45-36(28-31-18-20-35(42)21-19-31)37(48)46-26-23-41(24-27-46,34-16-9-4-10-17-34)22-11-25-47(40(50)54-30-33-14-7-3-8-15-33)38(43)44-39(49)53-29-32-12-5-2-6-13-32/h2-3,5-8,12-15,18-21,34,36,45H,4,9-11,16-17,22-30H2,1H3,(H2,43,44,49)/t36-/m1/s1. The number of guanidine groups is 1. The Kier molecular flexibility index (Phi) is 15.1. The Balaban J connectivity index is 1.28. The van der Waals surface area contributed by atoms with E-state index in [0.717, 1.165) is 67.9 Å². The van der Waals surface area contributed by atoms with E-state index >= 15 is 0 Å². The summed E-state index contributed by atoms with van der Waals surface area (Å²) in [6.07, 6.45) is 8.04. The van der Waals surface area contributed by atoms with Crippen LogP contribution in [-0.4, -0.2) is 74.2 Å². The highest BCUT2D eigenvalue weighted by Crippen LogP contribution is 2.49. The minimum Gasteiger partial charge on any atom is -0.444 e. The fraction of sp³-hybridized carbons (Fsp3) is 0.463. The molecule has 296 valence electrons. The van der Waals surface area contributed by atoms with E-state index in [9.17, 15) is 22.8 Å². The number of nitrogens with zero attached hydrogens (tertiary/aromatic N) is 3. The average Bonchev–Trinajstić information content (AvgIpc) is 3.19. The number of ether oxygens (including phenoxy) is 2. The molecule has 1 saturated carbocycles. The summed E-state index contributed by atoms with van der Waals surface area (Å²) in [6, 6.07) is 24.5. The van der Waals surface area contributed by atoms with Crippen molar-refractivity contribution in [3.8, 4) is 0 Å². The van der Waals surface area contributed by atoms with Crippen LogP contribution in [0.1, 0.15) is 74.5 Å². The number of aliphatic imine (C=N–C) groups is 1. The van der Waals surface area contributed by atoms with Crippen LogP contribution < -0.4 is 10.5 Å². The third-order valence-corrected chi connectivity index (χ3v) is 11.7. The lowest BCUT2D eigenvalue weighted by molar-refractivity contribution is -0.136. The number of hydrogen-bond acceptors (Lipinski definition) is 7. The number of nitrogens with two attached hydrogens (primary N) is 1. The zero-order valence-corrected chi connectivity index (χ0v) is 33.0. The van der Waals surface area contributed by atoms with Gasteiger partial charge in [0.25, 0.3) is 0 Å². The van der Waals surface area contributed by atoms with E-state index in [1.807, 2.05) is 60.7 Å². The summed E-state index contributed by atoms with van der Waals surface area (Å²) in [5, 5.41) is 0.557. The third kappa shape index (κ3) is 12.8. The van der Waals surface area contributed by atoms with Gasteiger partial charge in [0, 0.05) is 24.7 Å². The summed E-state index contributed by atoms with van der Waals surface area (Å²) >= 11 is 6.06. The molecule has 0 bridgehead atoms. The molecule has 1 saturated heterocycles. The average molecular weight is 794 g/mol. The molecule has 1 heterocycles. The first-order valence-corrected chi connectivity index (χ1v) is 21.2. The van der Waals surface area contributed by atoms with Gasteiger partial charge in [-0.3, -0.25) is 4.79 Å². The van der Waals surface area contributed by atoms with Crippen LogP contribution in [0.2, 0.25) is 5.02 Å². The second-order valence-corrected chi connectivity index (χ2v) is 16.8. The SMILES string of the molecule is CS(=O)(=O)N[C@H](Cc1ccc(Cl)cc1)C(=O)N1CCC(CCCN(C(=O)OCc2ccccc2)C(N)=NC(=O)OCc2ccccc2)(C2CCCCC2)CC1. The number of carbonyl (C=O) groups is 3. The van der Waals surface area contributed by atoms with Gasteiger partial charge in [0.15, 0.2) is 0 Å². The molecule has 5 rings (SSSR count). The number of benzene rings is 3. The summed E-state index contributed by atoms with van der Waals surface area (Å²) in [5.74, 6) is -0.128. The van der Waals surface area contributed by atoms with E-state index in [4.69, 9.17) is 26.8 Å². The lowest BCUT2D eigenvalue weighted by Crippen LogP contribution is -2.54. The van der Waals surface area contributed by atoms with Gasteiger partial charge >= 0.3 is 12.2 Å². The summed E-state index contributed by atoms with van der Waals surface area (Å²) in [6.45, 7) is 1.15. The van der Waals surface area contributed by atoms with E-state index < -0.39 is 28.3 Å². The van der Waals surface area contributed by atoms with Crippen molar-refractivity contribution in [2.75, 3.05) is 25.9 Å². The summed E-state index contributed by atoms with van der Waals surface area (Å²) in [7, 11) is -3.67. The molecule has 3 N–H and O–H groups in total. The van der Waals surface area contributed by atoms with Crippen molar-refractivity contribution in [3.05, 3.63) is 107 Å². The highest BCUT2D eigenvalue weighted by Gasteiger charge is 2.43. The maximum absolute atomic E-state index is 13.9. The Morgan fingerprint density at radius 2 is 1.47 bits per heavy atom. The maximum Gasteiger partial charge on any atom is 0.437 e. The van der Waals surface area contributed by atoms with Gasteiger partial charge in [-0.05, 0) is 85.1 Å². The Hall–Kier alpha value is -4.46. The Morgan fingerprint density at radius 1 is 0.891 bits per heavy atom. The smallest absolute Gasteiger partial charge is 0.437 e. The molecule has 0 aromatic heterocycles. The number of sulfonamides is 1. The van der Waals surface area contributed by atoms with Crippen molar-refractivity contribution in [1.29, 1.82) is 0 Å². The molecule has 55 heavy (non-hydrogen) atoms. The Labute approximate surface area is 329 Å². The summed E-state index contributed by atoms with van der Waals surface area (Å²) in [4.78, 5) is 47.0. The summed E-state index contributed by atoms with van der Waals surface area (Å²) in [5.41, 5.74) is 8.59. The Morgan fingerprint density at radius 3 is 2.05 bits per heavy atom. The van der Waals surface area contributed by atoms with Crippen molar-refractivity contribution in [3.63, 3.8) is 0 Å². The monoisotopic (exact) mass is 793 g/mol. The van der Waals surface area contributed by atoms with Crippen molar-refractivity contribution >= 4 is 45.7 Å². The Bertz CT molecular complexity index is 1850. The number of carbonyl (C=O) groups excluding carboxylic acids is 3. The van der Waals surface area contributed by atoms with Gasteiger partial charge in [-0.15, -0.1) is 4.99 Å². The van der Waals surface area contributed by atoms with Gasteiger partial charge in [-0.25, -0.2) is 27.6 Å². The van der Waals surface area contributed by atoms with Gasteiger partial charge in [-0.1, -0.05) is 104 Å². The lowest BCUT2D eigenvalue weighted by atomic mass is 9.61. The molecule has 12 nitrogen and oxygen atoms in total. The number of nitrogens with one attached hydrogen (secondary N) is 1. The van der Waals surface area contributed by atoms with Gasteiger partial charge in [0.2, 0.25) is 21.9 Å². The number of piperidine rings is 1. The van der Waals surface area contributed by atoms with Crippen LogP contribution in [0, 0.1) is 11.3 Å². The number of hydrogen-bond donors (Lipinski definition) is 2. The van der Waals surface area contributed by atoms with E-state index in [1.165, 1.54) is 11.3 Å². The van der Waals surface area contributed by atoms with Crippen LogP contribution in [0.4, 0.5) is 9.59 Å². The number of likely N-dealkylation sites (tertiary alicyclic amines) is 1. The third-order valence-electron chi connectivity index (χ3n) is 10.7. The largest absolute Gasteiger partial charge is 0.444 e. The molecule has 1 atom stereocenters. The molecule has 14 heteroatoms. The van der Waals surface area contributed by atoms with Crippen molar-refractivity contribution in [1.82, 2.24) is 14.5 Å². The highest BCUT2D eigenvalue weighted by molar-refractivity contribution is 7.88. The minimum absolute atomic E-state index is 0.00449. The topological polar surface area (TPSA) is 161 Å². The lowest BCUT2D eigenvalue weighted by Gasteiger charge is -2.49. The fourth-order valence-electron chi connectivity index (χ4n) is 7.86. The fourth-order valence-corrected chi connectivity index (χ4v) is 8.68. The number of halogens is 1. The van der Waals surface area contributed by atoms with Gasteiger partial charge < -0.3 is 20.1 Å². The molecule has 0 radical (unpaired) electrons. The second-order valence-electron chi connectivity index (χ2n) is 14.6. The van der Waals surface area contributed by atoms with Crippen molar-refractivity contribution < 1.29 is 32.3 Å². The van der Waals surface area contributed by atoms with Gasteiger partial charge in [-0.2, -0.15) is 0 Å². The molecular formula is C41H52ClN5O7S. The highest BCUT2D eigenvalue weighted by atomic mass is 35.5. The van der Waals surface area contributed by atoms with E-state index in [1.54, 1.807) is 29.2 Å². The predicted molar refractivity (Wildman–Crippen MR) is 213 cm³/mol. The molecular weight excluding hydrogens is 742 g/mol. The minimum atomic E-state index is -3.67. The zero-order chi connectivity index (χ0) is 39.3. The quantitative estimate of drug-likeness (QED) is 0.130. The molecule has 3 aromatic rings. The normalized spacial score (nSPS) is 16.9. The van der Waals surface area contributed by atoms with E-state index in [-0.39, 0.29) is 43.5 Å². The van der Waals surface area contributed by atoms with Crippen LogP contribution in [0.3, 0.4) is 0 Å². The first-order valence-electron chi connectivity index (χ1n) is 18.9. The van der Waals surface area contributed by atoms with Crippen LogP contribution >= 0.6 is 11.6 Å². The molecule has 2 fully saturated rings. The zero-order valence-electron chi connectivity index (χ0n) is 31.4. The maximum atomic E-state index is 13.9. The van der Waals surface area contributed by atoms with E-state index in [0.29, 0.717) is 30.5 Å². The first kappa shape index (κ1) is 41.7. The molecule has 2 aliphatic rings. The van der Waals surface area contributed by atoms with Gasteiger partial charge in [0.05, 0.1) is 6.26 Å². The first-order chi connectivity index (χ1) is 26.4. The molecule has 0 spiro atoms.